The fourth-order valence-electron chi connectivity index (χ4n) is 3.57. The summed E-state index contributed by atoms with van der Waals surface area (Å²) in [5.41, 5.74) is 2.63. The Morgan fingerprint density at radius 3 is 2.72 bits per heavy atom. The van der Waals surface area contributed by atoms with Crippen molar-refractivity contribution in [3.63, 3.8) is 0 Å². The van der Waals surface area contributed by atoms with Crippen molar-refractivity contribution in [1.29, 1.82) is 0 Å². The van der Waals surface area contributed by atoms with E-state index in [1.165, 1.54) is 24.0 Å². The van der Waals surface area contributed by atoms with E-state index in [-0.39, 0.29) is 11.9 Å². The molecule has 1 fully saturated rings. The highest BCUT2D eigenvalue weighted by atomic mass is 16.3. The van der Waals surface area contributed by atoms with Gasteiger partial charge >= 0.3 is 0 Å². The second kappa shape index (κ2) is 8.86. The van der Waals surface area contributed by atoms with Crippen LogP contribution in [0.15, 0.2) is 47.1 Å². The number of nitrogens with zero attached hydrogens (tertiary/aromatic N) is 1. The maximum Gasteiger partial charge on any atom is 0.220 e. The normalized spacial score (nSPS) is 16.0. The van der Waals surface area contributed by atoms with Crippen LogP contribution in [0.1, 0.15) is 48.6 Å². The molecule has 0 aliphatic carbocycles. The monoisotopic (exact) mass is 340 g/mol. The van der Waals surface area contributed by atoms with Crippen LogP contribution < -0.4 is 5.32 Å². The summed E-state index contributed by atoms with van der Waals surface area (Å²) < 4.78 is 5.60. The minimum Gasteiger partial charge on any atom is -0.468 e. The van der Waals surface area contributed by atoms with Gasteiger partial charge in [0.1, 0.15) is 5.76 Å². The first-order valence-corrected chi connectivity index (χ1v) is 9.32. The Balaban J connectivity index is 1.46. The Labute approximate surface area is 150 Å². The van der Waals surface area contributed by atoms with Gasteiger partial charge in [-0.25, -0.2) is 0 Å². The topological polar surface area (TPSA) is 45.5 Å². The molecule has 4 nitrogen and oxygen atoms in total. The molecule has 1 aliphatic rings. The fourth-order valence-corrected chi connectivity index (χ4v) is 3.57. The summed E-state index contributed by atoms with van der Waals surface area (Å²) in [4.78, 5) is 14.7. The van der Waals surface area contributed by atoms with E-state index in [2.05, 4.69) is 41.4 Å². The third-order valence-electron chi connectivity index (χ3n) is 5.06. The van der Waals surface area contributed by atoms with Crippen LogP contribution in [-0.2, 0) is 11.2 Å². The minimum absolute atomic E-state index is 0.129. The highest BCUT2D eigenvalue weighted by Crippen LogP contribution is 2.24. The number of likely N-dealkylation sites (tertiary alicyclic amines) is 1. The molecule has 1 amide bonds. The second-order valence-electron chi connectivity index (χ2n) is 6.86. The van der Waals surface area contributed by atoms with Crippen LogP contribution >= 0.6 is 0 Å². The Morgan fingerprint density at radius 1 is 1.20 bits per heavy atom. The van der Waals surface area contributed by atoms with Crippen molar-refractivity contribution in [3.05, 3.63) is 59.5 Å². The average molecular weight is 340 g/mol. The highest BCUT2D eigenvalue weighted by Gasteiger charge is 2.25. The van der Waals surface area contributed by atoms with Crippen molar-refractivity contribution in [1.82, 2.24) is 10.2 Å². The first-order chi connectivity index (χ1) is 12.2. The molecule has 0 bridgehead atoms. The third-order valence-corrected chi connectivity index (χ3v) is 5.06. The van der Waals surface area contributed by atoms with E-state index < -0.39 is 0 Å². The third kappa shape index (κ3) is 4.95. The molecule has 3 rings (SSSR count). The number of rotatable bonds is 8. The minimum atomic E-state index is 0.129. The van der Waals surface area contributed by atoms with Gasteiger partial charge in [0.25, 0.3) is 0 Å². The summed E-state index contributed by atoms with van der Waals surface area (Å²) in [6, 6.07) is 12.5. The molecule has 0 saturated carbocycles. The maximum absolute atomic E-state index is 12.2. The first-order valence-electron chi connectivity index (χ1n) is 9.32. The molecule has 4 heteroatoms. The van der Waals surface area contributed by atoms with Crippen LogP contribution in [0, 0.1) is 6.92 Å². The molecule has 134 valence electrons. The predicted molar refractivity (Wildman–Crippen MR) is 99.4 cm³/mol. The van der Waals surface area contributed by atoms with Crippen molar-refractivity contribution in [2.45, 2.75) is 45.1 Å². The molecule has 0 spiro atoms. The van der Waals surface area contributed by atoms with Crippen molar-refractivity contribution in [2.24, 2.45) is 0 Å². The highest BCUT2D eigenvalue weighted by molar-refractivity contribution is 5.75. The Morgan fingerprint density at radius 2 is 2.00 bits per heavy atom. The van der Waals surface area contributed by atoms with Crippen molar-refractivity contribution < 1.29 is 9.21 Å². The number of aryl methyl sites for hydroxylation is 2. The van der Waals surface area contributed by atoms with E-state index in [4.69, 9.17) is 4.42 Å². The smallest absolute Gasteiger partial charge is 0.220 e. The molecule has 1 aromatic heterocycles. The molecule has 2 aromatic rings. The summed E-state index contributed by atoms with van der Waals surface area (Å²) >= 11 is 0. The maximum atomic E-state index is 12.2. The van der Waals surface area contributed by atoms with Gasteiger partial charge in [-0.3, -0.25) is 9.69 Å². The van der Waals surface area contributed by atoms with Gasteiger partial charge in [-0.2, -0.15) is 0 Å². The predicted octanol–water partition coefficient (Wildman–Crippen LogP) is 3.86. The van der Waals surface area contributed by atoms with Crippen LogP contribution in [-0.4, -0.2) is 30.4 Å². The Bertz CT molecular complexity index is 660. The summed E-state index contributed by atoms with van der Waals surface area (Å²) in [5.74, 6) is 1.08. The lowest BCUT2D eigenvalue weighted by molar-refractivity contribution is -0.121. The molecule has 1 unspecified atom stereocenters. The molecule has 25 heavy (non-hydrogen) atoms. The number of hydrogen-bond donors (Lipinski definition) is 1. The van der Waals surface area contributed by atoms with E-state index in [9.17, 15) is 4.79 Å². The number of amides is 1. The first kappa shape index (κ1) is 17.7. The van der Waals surface area contributed by atoms with Crippen LogP contribution in [0.2, 0.25) is 0 Å². The number of nitrogens with one attached hydrogen (secondary N) is 1. The largest absolute Gasteiger partial charge is 0.468 e. The molecule has 1 atom stereocenters. The number of hydrogen-bond acceptors (Lipinski definition) is 3. The lowest BCUT2D eigenvalue weighted by atomic mass is 10.0. The number of carbonyl (C=O) groups excluding carboxylic acids is 1. The molecule has 1 saturated heterocycles. The molecule has 0 radical (unpaired) electrons. The van der Waals surface area contributed by atoms with Gasteiger partial charge in [0, 0.05) is 13.0 Å². The van der Waals surface area contributed by atoms with Gasteiger partial charge in [0.2, 0.25) is 5.91 Å². The van der Waals surface area contributed by atoms with E-state index in [0.717, 1.165) is 31.7 Å². The Kier molecular flexibility index (Phi) is 6.29. The van der Waals surface area contributed by atoms with E-state index in [1.54, 1.807) is 6.26 Å². The zero-order chi connectivity index (χ0) is 17.5. The van der Waals surface area contributed by atoms with E-state index >= 15 is 0 Å². The van der Waals surface area contributed by atoms with E-state index in [1.807, 2.05) is 12.1 Å². The second-order valence-corrected chi connectivity index (χ2v) is 6.86. The zero-order valence-electron chi connectivity index (χ0n) is 15.0. The van der Waals surface area contributed by atoms with Crippen LogP contribution in [0.5, 0.6) is 0 Å². The molecule has 1 aliphatic heterocycles. The van der Waals surface area contributed by atoms with Gasteiger partial charge in [0.05, 0.1) is 12.3 Å². The van der Waals surface area contributed by atoms with Gasteiger partial charge < -0.3 is 9.73 Å². The molecule has 1 aromatic carbocycles. The SMILES string of the molecule is Cc1ccccc1CCCC(=O)NCC(c1ccco1)N1CCCC1. The van der Waals surface area contributed by atoms with Gasteiger partial charge in [-0.1, -0.05) is 24.3 Å². The lowest BCUT2D eigenvalue weighted by Crippen LogP contribution is -2.36. The standard InChI is InChI=1S/C21H28N2O2/c1-17-8-2-3-9-18(17)10-6-12-21(24)22-16-19(20-11-7-15-25-20)23-13-4-5-14-23/h2-3,7-9,11,15,19H,4-6,10,12-14,16H2,1H3,(H,22,24). The lowest BCUT2D eigenvalue weighted by Gasteiger charge is -2.26. The quantitative estimate of drug-likeness (QED) is 0.793. The number of benzene rings is 1. The number of carbonyl (C=O) groups is 1. The number of furan rings is 1. The van der Waals surface area contributed by atoms with Crippen molar-refractivity contribution in [2.75, 3.05) is 19.6 Å². The Hall–Kier alpha value is -2.07. The fraction of sp³-hybridized carbons (Fsp3) is 0.476. The van der Waals surface area contributed by atoms with Gasteiger partial charge in [-0.15, -0.1) is 0 Å². The van der Waals surface area contributed by atoms with Crippen molar-refractivity contribution in [3.8, 4) is 0 Å². The zero-order valence-corrected chi connectivity index (χ0v) is 15.0. The van der Waals surface area contributed by atoms with E-state index in [0.29, 0.717) is 13.0 Å². The summed E-state index contributed by atoms with van der Waals surface area (Å²) in [7, 11) is 0. The van der Waals surface area contributed by atoms with Gasteiger partial charge in [0.15, 0.2) is 0 Å². The molecular formula is C21H28N2O2. The molecular weight excluding hydrogens is 312 g/mol. The average Bonchev–Trinajstić information content (AvgIpc) is 3.31. The van der Waals surface area contributed by atoms with Crippen LogP contribution in [0.4, 0.5) is 0 Å². The molecule has 1 N–H and O–H groups in total. The summed E-state index contributed by atoms with van der Waals surface area (Å²) in [5, 5.41) is 3.11. The summed E-state index contributed by atoms with van der Waals surface area (Å²) in [6.07, 6.45) is 6.56. The van der Waals surface area contributed by atoms with Crippen molar-refractivity contribution >= 4 is 5.91 Å². The molecule has 2 heterocycles. The summed E-state index contributed by atoms with van der Waals surface area (Å²) in [6.45, 7) is 4.90. The van der Waals surface area contributed by atoms with Crippen LogP contribution in [0.25, 0.3) is 0 Å². The van der Waals surface area contributed by atoms with Gasteiger partial charge in [-0.05, 0) is 69.0 Å². The van der Waals surface area contributed by atoms with Crippen LogP contribution in [0.3, 0.4) is 0 Å².